The lowest BCUT2D eigenvalue weighted by atomic mass is 10.2. The number of thiazole rings is 1. The van der Waals surface area contributed by atoms with Gasteiger partial charge in [0.2, 0.25) is 5.82 Å². The zero-order valence-electron chi connectivity index (χ0n) is 14.5. The van der Waals surface area contributed by atoms with Crippen molar-refractivity contribution in [2.45, 2.75) is 33.7 Å². The first-order valence-corrected chi connectivity index (χ1v) is 8.70. The van der Waals surface area contributed by atoms with E-state index in [-0.39, 0.29) is 12.1 Å². The van der Waals surface area contributed by atoms with Crippen LogP contribution in [-0.4, -0.2) is 27.2 Å². The van der Waals surface area contributed by atoms with E-state index in [0.717, 1.165) is 21.1 Å². The van der Waals surface area contributed by atoms with Crippen molar-refractivity contribution in [2.75, 3.05) is 5.32 Å². The Labute approximate surface area is 149 Å². The number of hydrogen-bond donors (Lipinski definition) is 2. The summed E-state index contributed by atoms with van der Waals surface area (Å²) in [5, 5.41) is 10.6. The lowest BCUT2D eigenvalue weighted by Gasteiger charge is -2.10. The second-order valence-corrected chi connectivity index (χ2v) is 7.11. The number of nitrogens with one attached hydrogen (secondary N) is 2. The Bertz CT molecular complexity index is 900. The highest BCUT2D eigenvalue weighted by atomic mass is 32.1. The summed E-state index contributed by atoms with van der Waals surface area (Å²) in [5.74, 6) is 0.919. The maximum atomic E-state index is 11.8. The molecule has 0 aliphatic heterocycles. The number of hydrogen-bond acceptors (Lipinski definition) is 6. The van der Waals surface area contributed by atoms with Gasteiger partial charge in [0.1, 0.15) is 4.88 Å². The number of urea groups is 1. The fourth-order valence-corrected chi connectivity index (χ4v) is 3.17. The van der Waals surface area contributed by atoms with Gasteiger partial charge in [-0.25, -0.2) is 9.78 Å². The Kier molecular flexibility index (Phi) is 4.80. The molecular formula is C17H19N5O2S. The third-order valence-electron chi connectivity index (χ3n) is 3.32. The van der Waals surface area contributed by atoms with Crippen LogP contribution >= 0.6 is 11.3 Å². The average Bonchev–Trinajstić information content (AvgIpc) is 3.13. The second-order valence-electron chi connectivity index (χ2n) is 5.90. The largest absolute Gasteiger partial charge is 0.336 e. The lowest BCUT2D eigenvalue weighted by molar-refractivity contribution is 0.250. The molecule has 0 bridgehead atoms. The minimum absolute atomic E-state index is 0.0639. The molecule has 0 radical (unpaired) electrons. The fraction of sp³-hybridized carbons (Fsp3) is 0.294. The van der Waals surface area contributed by atoms with Crippen molar-refractivity contribution >= 4 is 23.1 Å². The van der Waals surface area contributed by atoms with Gasteiger partial charge in [-0.15, -0.1) is 11.3 Å². The molecule has 0 atom stereocenters. The maximum Gasteiger partial charge on any atom is 0.319 e. The number of nitrogens with zero attached hydrogens (tertiary/aromatic N) is 3. The fourth-order valence-electron chi connectivity index (χ4n) is 2.33. The predicted octanol–water partition coefficient (Wildman–Crippen LogP) is 4.01. The Morgan fingerprint density at radius 3 is 2.72 bits per heavy atom. The molecule has 2 aromatic heterocycles. The summed E-state index contributed by atoms with van der Waals surface area (Å²) in [7, 11) is 0. The molecule has 7 nitrogen and oxygen atoms in total. The van der Waals surface area contributed by atoms with Gasteiger partial charge in [0, 0.05) is 17.3 Å². The molecule has 0 unspecified atom stereocenters. The molecule has 0 aliphatic carbocycles. The van der Waals surface area contributed by atoms with Crippen LogP contribution in [0.3, 0.4) is 0 Å². The maximum absolute atomic E-state index is 11.8. The first-order chi connectivity index (χ1) is 11.9. The van der Waals surface area contributed by atoms with Crippen LogP contribution in [0.2, 0.25) is 0 Å². The van der Waals surface area contributed by atoms with Gasteiger partial charge in [0.15, 0.2) is 0 Å². The van der Waals surface area contributed by atoms with Crippen LogP contribution in [0.1, 0.15) is 24.5 Å². The number of benzene rings is 1. The summed E-state index contributed by atoms with van der Waals surface area (Å²) in [6, 6.07) is 7.12. The van der Waals surface area contributed by atoms with E-state index in [9.17, 15) is 4.79 Å². The number of aryl methyl sites for hydroxylation is 2. The third-order valence-corrected chi connectivity index (χ3v) is 4.38. The molecule has 130 valence electrons. The van der Waals surface area contributed by atoms with E-state index in [1.165, 1.54) is 11.3 Å². The first kappa shape index (κ1) is 17.1. The van der Waals surface area contributed by atoms with E-state index >= 15 is 0 Å². The molecule has 3 aromatic rings. The average molecular weight is 357 g/mol. The van der Waals surface area contributed by atoms with Gasteiger partial charge in [-0.2, -0.15) is 4.98 Å². The number of amides is 2. The number of anilines is 1. The van der Waals surface area contributed by atoms with Gasteiger partial charge in [0.05, 0.1) is 10.7 Å². The van der Waals surface area contributed by atoms with Gasteiger partial charge >= 0.3 is 6.03 Å². The number of aromatic nitrogens is 3. The van der Waals surface area contributed by atoms with Crippen molar-refractivity contribution in [3.8, 4) is 22.2 Å². The van der Waals surface area contributed by atoms with Crippen LogP contribution < -0.4 is 10.6 Å². The highest BCUT2D eigenvalue weighted by Crippen LogP contribution is 2.30. The van der Waals surface area contributed by atoms with E-state index in [1.54, 1.807) is 12.1 Å². The van der Waals surface area contributed by atoms with Gasteiger partial charge < -0.3 is 15.2 Å². The molecule has 2 N–H and O–H groups in total. The van der Waals surface area contributed by atoms with Crippen LogP contribution in [0.25, 0.3) is 22.2 Å². The molecule has 0 aliphatic rings. The Hall–Kier alpha value is -2.74. The Morgan fingerprint density at radius 2 is 2.04 bits per heavy atom. The van der Waals surface area contributed by atoms with Crippen LogP contribution in [0.15, 0.2) is 28.8 Å². The zero-order chi connectivity index (χ0) is 18.0. The van der Waals surface area contributed by atoms with E-state index in [0.29, 0.717) is 17.4 Å². The zero-order valence-corrected chi connectivity index (χ0v) is 15.3. The van der Waals surface area contributed by atoms with Crippen LogP contribution in [0.4, 0.5) is 10.5 Å². The Morgan fingerprint density at radius 1 is 1.24 bits per heavy atom. The highest BCUT2D eigenvalue weighted by Gasteiger charge is 2.16. The molecular weight excluding hydrogens is 338 g/mol. The van der Waals surface area contributed by atoms with Crippen molar-refractivity contribution in [2.24, 2.45) is 0 Å². The van der Waals surface area contributed by atoms with Crippen LogP contribution in [-0.2, 0) is 0 Å². The molecule has 0 fully saturated rings. The van der Waals surface area contributed by atoms with Crippen molar-refractivity contribution < 1.29 is 9.32 Å². The molecule has 0 spiro atoms. The molecule has 2 amide bonds. The van der Waals surface area contributed by atoms with E-state index in [2.05, 4.69) is 25.8 Å². The molecule has 1 aromatic carbocycles. The summed E-state index contributed by atoms with van der Waals surface area (Å²) in [6.45, 7) is 7.66. The van der Waals surface area contributed by atoms with Gasteiger partial charge in [-0.05, 0) is 39.8 Å². The van der Waals surface area contributed by atoms with E-state index in [1.807, 2.05) is 39.8 Å². The predicted molar refractivity (Wildman–Crippen MR) is 97.6 cm³/mol. The standard InChI is InChI=1S/C17H19N5O2S/c1-9(2)18-17(23)20-13-7-5-6-12(8-13)15-21-16(24-22-15)14-10(3)19-11(4)25-14/h5-9H,1-4H3,(H2,18,20,23). The molecule has 3 rings (SSSR count). The Balaban J connectivity index is 1.82. The number of carbonyl (C=O) groups is 1. The monoisotopic (exact) mass is 357 g/mol. The lowest BCUT2D eigenvalue weighted by Crippen LogP contribution is -2.34. The summed E-state index contributed by atoms with van der Waals surface area (Å²) >= 11 is 1.52. The van der Waals surface area contributed by atoms with E-state index in [4.69, 9.17) is 4.52 Å². The van der Waals surface area contributed by atoms with Gasteiger partial charge in [-0.3, -0.25) is 0 Å². The number of carbonyl (C=O) groups excluding carboxylic acids is 1. The molecule has 8 heteroatoms. The SMILES string of the molecule is Cc1nc(C)c(-c2nc(-c3cccc(NC(=O)NC(C)C)c3)no2)s1. The summed E-state index contributed by atoms with van der Waals surface area (Å²) in [5.41, 5.74) is 2.29. The van der Waals surface area contributed by atoms with Gasteiger partial charge in [-0.1, -0.05) is 17.3 Å². The normalized spacial score (nSPS) is 10.9. The molecule has 0 saturated carbocycles. The molecule has 2 heterocycles. The van der Waals surface area contributed by atoms with Crippen molar-refractivity contribution in [3.63, 3.8) is 0 Å². The highest BCUT2D eigenvalue weighted by molar-refractivity contribution is 7.15. The topological polar surface area (TPSA) is 92.9 Å². The minimum Gasteiger partial charge on any atom is -0.336 e. The van der Waals surface area contributed by atoms with Crippen molar-refractivity contribution in [1.82, 2.24) is 20.4 Å². The third kappa shape index (κ3) is 4.03. The molecule has 25 heavy (non-hydrogen) atoms. The quantitative estimate of drug-likeness (QED) is 0.736. The summed E-state index contributed by atoms with van der Waals surface area (Å²) in [6.07, 6.45) is 0. The summed E-state index contributed by atoms with van der Waals surface area (Å²) in [4.78, 5) is 21.5. The second kappa shape index (κ2) is 7.02. The number of rotatable bonds is 4. The molecule has 0 saturated heterocycles. The van der Waals surface area contributed by atoms with E-state index < -0.39 is 0 Å². The van der Waals surface area contributed by atoms with Crippen molar-refractivity contribution in [3.05, 3.63) is 35.0 Å². The summed E-state index contributed by atoms with van der Waals surface area (Å²) < 4.78 is 5.38. The smallest absolute Gasteiger partial charge is 0.319 e. The van der Waals surface area contributed by atoms with Gasteiger partial charge in [0.25, 0.3) is 5.89 Å². The minimum atomic E-state index is -0.253. The van der Waals surface area contributed by atoms with Crippen LogP contribution in [0, 0.1) is 13.8 Å². The first-order valence-electron chi connectivity index (χ1n) is 7.88. The van der Waals surface area contributed by atoms with Crippen molar-refractivity contribution in [1.29, 1.82) is 0 Å². The van der Waals surface area contributed by atoms with Crippen LogP contribution in [0.5, 0.6) is 0 Å².